The van der Waals surface area contributed by atoms with Gasteiger partial charge >= 0.3 is 13.3 Å². The van der Waals surface area contributed by atoms with E-state index in [1.807, 2.05) is 68.4 Å². The zero-order chi connectivity index (χ0) is 19.3. The van der Waals surface area contributed by atoms with E-state index in [0.717, 1.165) is 16.7 Å². The SMILES string of the molecule is Cc1ccc(P(=O)(OC(=O)C=Cc2ccccc2)c2ccc(C)cc2)cc1. The minimum Gasteiger partial charge on any atom is -0.401 e. The summed E-state index contributed by atoms with van der Waals surface area (Å²) in [5.41, 5.74) is 2.96. The van der Waals surface area contributed by atoms with Crippen LogP contribution in [0.5, 0.6) is 0 Å². The largest absolute Gasteiger partial charge is 0.401 e. The van der Waals surface area contributed by atoms with E-state index in [1.165, 1.54) is 6.08 Å². The highest BCUT2D eigenvalue weighted by atomic mass is 31.2. The van der Waals surface area contributed by atoms with Gasteiger partial charge in [0.1, 0.15) is 0 Å². The van der Waals surface area contributed by atoms with Gasteiger partial charge in [-0.2, -0.15) is 0 Å². The zero-order valence-electron chi connectivity index (χ0n) is 15.3. The van der Waals surface area contributed by atoms with E-state index >= 15 is 0 Å². The summed E-state index contributed by atoms with van der Waals surface area (Å²) in [4.78, 5) is 12.4. The molecule has 0 heterocycles. The van der Waals surface area contributed by atoms with Crippen LogP contribution in [0.25, 0.3) is 6.08 Å². The first-order valence-electron chi connectivity index (χ1n) is 8.68. The number of aryl methyl sites for hydroxylation is 2. The number of benzene rings is 3. The Morgan fingerprint density at radius 1 is 0.778 bits per heavy atom. The Labute approximate surface area is 159 Å². The maximum absolute atomic E-state index is 13.8. The standard InChI is InChI=1S/C23H21O3P/c1-18-8-13-21(14-9-18)27(25,22-15-10-19(2)11-16-22)26-23(24)17-12-20-6-4-3-5-7-20/h3-17H,1-2H3. The Hall–Kier alpha value is -2.90. The zero-order valence-corrected chi connectivity index (χ0v) is 16.2. The minimum atomic E-state index is -3.54. The molecule has 0 N–H and O–H groups in total. The second-order valence-electron chi connectivity index (χ2n) is 6.38. The molecule has 0 atom stereocenters. The van der Waals surface area contributed by atoms with Crippen LogP contribution in [0.1, 0.15) is 16.7 Å². The summed E-state index contributed by atoms with van der Waals surface area (Å²) in [6, 6.07) is 23.9. The molecular formula is C23H21O3P. The van der Waals surface area contributed by atoms with Gasteiger partial charge in [0.2, 0.25) is 0 Å². The first kappa shape index (κ1) is 18.9. The lowest BCUT2D eigenvalue weighted by atomic mass is 10.2. The molecule has 0 bridgehead atoms. The van der Waals surface area contributed by atoms with Gasteiger partial charge in [0.25, 0.3) is 0 Å². The average molecular weight is 376 g/mol. The highest BCUT2D eigenvalue weighted by molar-refractivity contribution is 7.74. The molecule has 0 amide bonds. The van der Waals surface area contributed by atoms with E-state index in [1.54, 1.807) is 30.3 Å². The number of carbonyl (C=O) groups is 1. The van der Waals surface area contributed by atoms with Crippen molar-refractivity contribution >= 4 is 30.0 Å². The number of carbonyl (C=O) groups excluding carboxylic acids is 1. The van der Waals surface area contributed by atoms with Crippen molar-refractivity contribution in [2.24, 2.45) is 0 Å². The van der Waals surface area contributed by atoms with Gasteiger partial charge in [0, 0.05) is 6.08 Å². The molecule has 0 aliphatic heterocycles. The van der Waals surface area contributed by atoms with Gasteiger partial charge < -0.3 is 4.52 Å². The van der Waals surface area contributed by atoms with Gasteiger partial charge in [0.05, 0.1) is 10.6 Å². The van der Waals surface area contributed by atoms with E-state index in [0.29, 0.717) is 10.6 Å². The van der Waals surface area contributed by atoms with Crippen molar-refractivity contribution in [3.63, 3.8) is 0 Å². The fraction of sp³-hybridized carbons (Fsp3) is 0.0870. The van der Waals surface area contributed by atoms with Crippen molar-refractivity contribution in [2.45, 2.75) is 13.8 Å². The van der Waals surface area contributed by atoms with Crippen LogP contribution < -0.4 is 10.6 Å². The molecule has 0 fully saturated rings. The summed E-state index contributed by atoms with van der Waals surface area (Å²) in [7, 11) is -3.54. The van der Waals surface area contributed by atoms with Crippen molar-refractivity contribution in [1.29, 1.82) is 0 Å². The van der Waals surface area contributed by atoms with Crippen molar-refractivity contribution in [2.75, 3.05) is 0 Å². The topological polar surface area (TPSA) is 43.4 Å². The molecule has 0 radical (unpaired) electrons. The fourth-order valence-electron chi connectivity index (χ4n) is 2.62. The van der Waals surface area contributed by atoms with Crippen molar-refractivity contribution < 1.29 is 13.9 Å². The predicted octanol–water partition coefficient (Wildman–Crippen LogP) is 4.79. The molecule has 0 aromatic heterocycles. The molecule has 3 aromatic rings. The van der Waals surface area contributed by atoms with E-state index in [2.05, 4.69) is 0 Å². The summed E-state index contributed by atoms with van der Waals surface area (Å²) in [5.74, 6) is -0.636. The fourth-order valence-corrected chi connectivity index (χ4v) is 4.53. The van der Waals surface area contributed by atoms with Crippen LogP contribution in [0.4, 0.5) is 0 Å². The molecule has 3 rings (SSSR count). The lowest BCUT2D eigenvalue weighted by molar-refractivity contribution is -0.128. The predicted molar refractivity (Wildman–Crippen MR) is 111 cm³/mol. The van der Waals surface area contributed by atoms with E-state index < -0.39 is 13.3 Å². The average Bonchev–Trinajstić information content (AvgIpc) is 2.68. The van der Waals surface area contributed by atoms with Gasteiger partial charge in [-0.15, -0.1) is 0 Å². The molecule has 0 saturated heterocycles. The number of hydrogen-bond donors (Lipinski definition) is 0. The Morgan fingerprint density at radius 3 is 1.74 bits per heavy atom. The van der Waals surface area contributed by atoms with Gasteiger partial charge in [0.15, 0.2) is 0 Å². The molecule has 0 saturated carbocycles. The molecule has 3 nitrogen and oxygen atoms in total. The van der Waals surface area contributed by atoms with Gasteiger partial charge in [-0.1, -0.05) is 65.7 Å². The minimum absolute atomic E-state index is 0.499. The Morgan fingerprint density at radius 2 is 1.26 bits per heavy atom. The summed E-state index contributed by atoms with van der Waals surface area (Å²) in [6.45, 7) is 3.91. The molecule has 3 aromatic carbocycles. The Balaban J connectivity index is 1.93. The van der Waals surface area contributed by atoms with Crippen molar-refractivity contribution in [3.8, 4) is 0 Å². The van der Waals surface area contributed by atoms with Crippen LogP contribution in [0.3, 0.4) is 0 Å². The van der Waals surface area contributed by atoms with Gasteiger partial charge in [-0.05, 0) is 49.8 Å². The van der Waals surface area contributed by atoms with Crippen molar-refractivity contribution in [1.82, 2.24) is 0 Å². The summed E-state index contributed by atoms with van der Waals surface area (Å²) >= 11 is 0. The lowest BCUT2D eigenvalue weighted by Crippen LogP contribution is -2.20. The summed E-state index contributed by atoms with van der Waals surface area (Å²) < 4.78 is 19.3. The van der Waals surface area contributed by atoms with E-state index in [9.17, 15) is 9.36 Å². The number of hydrogen-bond acceptors (Lipinski definition) is 3. The van der Waals surface area contributed by atoms with Crippen molar-refractivity contribution in [3.05, 3.63) is 102 Å². The summed E-state index contributed by atoms with van der Waals surface area (Å²) in [6.07, 6.45) is 2.96. The molecule has 0 aliphatic rings. The van der Waals surface area contributed by atoms with Crippen LogP contribution >= 0.6 is 7.37 Å². The van der Waals surface area contributed by atoms with E-state index in [-0.39, 0.29) is 0 Å². The first-order valence-corrected chi connectivity index (χ1v) is 10.3. The maximum Gasteiger partial charge on any atom is 0.336 e. The lowest BCUT2D eigenvalue weighted by Gasteiger charge is -2.18. The maximum atomic E-state index is 13.8. The van der Waals surface area contributed by atoms with E-state index in [4.69, 9.17) is 4.52 Å². The third-order valence-electron chi connectivity index (χ3n) is 4.18. The Kier molecular flexibility index (Phi) is 5.73. The molecular weight excluding hydrogens is 355 g/mol. The molecule has 0 spiro atoms. The third kappa shape index (κ3) is 4.64. The Bertz CT molecular complexity index is 939. The second kappa shape index (κ2) is 8.20. The second-order valence-corrected chi connectivity index (χ2v) is 8.70. The molecule has 136 valence electrons. The first-order chi connectivity index (χ1) is 13.0. The van der Waals surface area contributed by atoms with Crippen LogP contribution in [-0.4, -0.2) is 5.97 Å². The summed E-state index contributed by atoms with van der Waals surface area (Å²) in [5, 5.41) is 0.997. The highest BCUT2D eigenvalue weighted by Gasteiger charge is 2.31. The van der Waals surface area contributed by atoms with Gasteiger partial charge in [-0.3, -0.25) is 4.57 Å². The molecule has 4 heteroatoms. The molecule has 0 aliphatic carbocycles. The highest BCUT2D eigenvalue weighted by Crippen LogP contribution is 2.45. The monoisotopic (exact) mass is 376 g/mol. The number of rotatable bonds is 5. The normalized spacial score (nSPS) is 11.5. The molecule has 0 unspecified atom stereocenters. The quantitative estimate of drug-likeness (QED) is 0.475. The molecule has 27 heavy (non-hydrogen) atoms. The van der Waals surface area contributed by atoms with Crippen LogP contribution in [0.2, 0.25) is 0 Å². The third-order valence-corrected chi connectivity index (χ3v) is 6.57. The van der Waals surface area contributed by atoms with Gasteiger partial charge in [-0.25, -0.2) is 4.79 Å². The van der Waals surface area contributed by atoms with Crippen LogP contribution in [-0.2, 0) is 13.9 Å². The van der Waals surface area contributed by atoms with Crippen LogP contribution in [0, 0.1) is 13.8 Å². The van der Waals surface area contributed by atoms with Crippen LogP contribution in [0.15, 0.2) is 84.9 Å². The smallest absolute Gasteiger partial charge is 0.336 e.